The molecular weight excluding hydrogens is 274 g/mol. The molecule has 0 radical (unpaired) electrons. The quantitative estimate of drug-likeness (QED) is 0.699. The van der Waals surface area contributed by atoms with Crippen LogP contribution in [0.4, 0.5) is 4.79 Å². The number of likely N-dealkylation sites (N-methyl/N-ethyl adjacent to an activating group) is 2. The Labute approximate surface area is 126 Å². The summed E-state index contributed by atoms with van der Waals surface area (Å²) in [4.78, 5) is 37.7. The number of carbonyl (C=O) groups is 3. The lowest BCUT2D eigenvalue weighted by Gasteiger charge is -2.26. The second-order valence-corrected chi connectivity index (χ2v) is 5.32. The number of carbonyl (C=O) groups excluding carboxylic acids is 2. The minimum Gasteiger partial charge on any atom is -0.481 e. The van der Waals surface area contributed by atoms with Crippen LogP contribution in [0.2, 0.25) is 0 Å². The van der Waals surface area contributed by atoms with Crippen LogP contribution in [-0.2, 0) is 9.59 Å². The van der Waals surface area contributed by atoms with E-state index < -0.39 is 18.0 Å². The smallest absolute Gasteiger partial charge is 0.317 e. The highest BCUT2D eigenvalue weighted by Crippen LogP contribution is 2.07. The zero-order chi connectivity index (χ0) is 16.6. The molecule has 0 rings (SSSR count). The van der Waals surface area contributed by atoms with E-state index in [0.717, 1.165) is 0 Å². The summed E-state index contributed by atoms with van der Waals surface area (Å²) >= 11 is 0. The summed E-state index contributed by atoms with van der Waals surface area (Å²) in [6.07, 6.45) is -0.138. The maximum Gasteiger partial charge on any atom is 0.317 e. The minimum atomic E-state index is -0.962. The predicted molar refractivity (Wildman–Crippen MR) is 80.0 cm³/mol. The molecular formula is C14H27N3O4. The number of hydrogen-bond donors (Lipinski definition) is 2. The van der Waals surface area contributed by atoms with Crippen molar-refractivity contribution in [1.29, 1.82) is 0 Å². The largest absolute Gasteiger partial charge is 0.481 e. The third-order valence-electron chi connectivity index (χ3n) is 3.34. The van der Waals surface area contributed by atoms with E-state index in [1.807, 2.05) is 27.7 Å². The van der Waals surface area contributed by atoms with Gasteiger partial charge in [0.25, 0.3) is 0 Å². The Morgan fingerprint density at radius 3 is 2.05 bits per heavy atom. The van der Waals surface area contributed by atoms with Gasteiger partial charge in [-0.05, 0) is 19.8 Å². The Morgan fingerprint density at radius 1 is 1.14 bits per heavy atom. The van der Waals surface area contributed by atoms with Crippen molar-refractivity contribution >= 4 is 17.9 Å². The Bertz CT molecular complexity index is 367. The van der Waals surface area contributed by atoms with E-state index in [1.165, 1.54) is 11.9 Å². The number of carboxylic acid groups (broad SMARTS) is 1. The molecule has 3 amide bonds. The van der Waals surface area contributed by atoms with Crippen LogP contribution in [0.25, 0.3) is 0 Å². The molecule has 0 aromatic carbocycles. The lowest BCUT2D eigenvalue weighted by atomic mass is 10.0. The van der Waals surface area contributed by atoms with Crippen LogP contribution < -0.4 is 5.32 Å². The number of nitrogens with zero attached hydrogens (tertiary/aromatic N) is 2. The first kappa shape index (κ1) is 19.2. The first-order chi connectivity index (χ1) is 9.72. The molecule has 1 unspecified atom stereocenters. The number of amides is 3. The minimum absolute atomic E-state index is 0.00284. The molecule has 0 aliphatic heterocycles. The van der Waals surface area contributed by atoms with Crippen LogP contribution in [-0.4, -0.2) is 65.5 Å². The Kier molecular flexibility index (Phi) is 8.42. The molecule has 0 heterocycles. The maximum absolute atomic E-state index is 12.0. The molecule has 0 aromatic heterocycles. The third kappa shape index (κ3) is 6.97. The summed E-state index contributed by atoms with van der Waals surface area (Å²) in [5.41, 5.74) is 0. The van der Waals surface area contributed by atoms with Crippen molar-refractivity contribution in [1.82, 2.24) is 15.1 Å². The van der Waals surface area contributed by atoms with Crippen LogP contribution >= 0.6 is 0 Å². The molecule has 2 N–H and O–H groups in total. The lowest BCUT2D eigenvalue weighted by Crippen LogP contribution is -2.49. The molecule has 122 valence electrons. The SMILES string of the molecule is CCN(CC)C(=O)CN(C)C(=O)NC(CC(=O)O)C(C)C. The topological polar surface area (TPSA) is 90.0 Å². The van der Waals surface area contributed by atoms with E-state index in [9.17, 15) is 14.4 Å². The van der Waals surface area contributed by atoms with Gasteiger partial charge in [-0.15, -0.1) is 0 Å². The van der Waals surface area contributed by atoms with Crippen molar-refractivity contribution < 1.29 is 19.5 Å². The maximum atomic E-state index is 12.0. The number of urea groups is 1. The lowest BCUT2D eigenvalue weighted by molar-refractivity contribution is -0.138. The van der Waals surface area contributed by atoms with Crippen LogP contribution in [0.3, 0.4) is 0 Å². The monoisotopic (exact) mass is 301 g/mol. The molecule has 0 aliphatic rings. The van der Waals surface area contributed by atoms with Gasteiger partial charge in [0, 0.05) is 26.2 Å². The number of aliphatic carboxylic acids is 1. The molecule has 7 nitrogen and oxygen atoms in total. The van der Waals surface area contributed by atoms with Gasteiger partial charge in [-0.25, -0.2) is 4.79 Å². The van der Waals surface area contributed by atoms with Crippen molar-refractivity contribution in [3.8, 4) is 0 Å². The van der Waals surface area contributed by atoms with Crippen LogP contribution in [0.15, 0.2) is 0 Å². The van der Waals surface area contributed by atoms with E-state index >= 15 is 0 Å². The normalized spacial score (nSPS) is 11.9. The average Bonchev–Trinajstić information content (AvgIpc) is 2.38. The molecule has 0 spiro atoms. The number of carboxylic acids is 1. The molecule has 21 heavy (non-hydrogen) atoms. The first-order valence-electron chi connectivity index (χ1n) is 7.24. The number of nitrogens with one attached hydrogen (secondary N) is 1. The molecule has 0 fully saturated rings. The second-order valence-electron chi connectivity index (χ2n) is 5.32. The van der Waals surface area contributed by atoms with E-state index in [2.05, 4.69) is 5.32 Å². The summed E-state index contributed by atoms with van der Waals surface area (Å²) in [7, 11) is 1.52. The first-order valence-corrected chi connectivity index (χ1v) is 7.24. The van der Waals surface area contributed by atoms with Crippen molar-refractivity contribution in [2.24, 2.45) is 5.92 Å². The van der Waals surface area contributed by atoms with E-state index in [1.54, 1.807) is 4.90 Å². The third-order valence-corrected chi connectivity index (χ3v) is 3.34. The fraction of sp³-hybridized carbons (Fsp3) is 0.786. The molecule has 0 saturated heterocycles. The number of rotatable bonds is 8. The Morgan fingerprint density at radius 2 is 1.67 bits per heavy atom. The fourth-order valence-electron chi connectivity index (χ4n) is 1.86. The molecule has 1 atom stereocenters. The Hall–Kier alpha value is -1.79. The Balaban J connectivity index is 4.55. The average molecular weight is 301 g/mol. The van der Waals surface area contributed by atoms with E-state index in [0.29, 0.717) is 13.1 Å². The molecule has 0 aromatic rings. The van der Waals surface area contributed by atoms with Gasteiger partial charge in [-0.2, -0.15) is 0 Å². The van der Waals surface area contributed by atoms with Crippen LogP contribution in [0.5, 0.6) is 0 Å². The van der Waals surface area contributed by atoms with Gasteiger partial charge in [0.05, 0.1) is 6.42 Å². The second kappa shape index (κ2) is 9.20. The highest BCUT2D eigenvalue weighted by Gasteiger charge is 2.22. The summed E-state index contributed by atoms with van der Waals surface area (Å²) < 4.78 is 0. The fourth-order valence-corrected chi connectivity index (χ4v) is 1.86. The highest BCUT2D eigenvalue weighted by atomic mass is 16.4. The van der Waals surface area contributed by atoms with Crippen molar-refractivity contribution in [3.05, 3.63) is 0 Å². The van der Waals surface area contributed by atoms with Gasteiger partial charge in [0.2, 0.25) is 5.91 Å². The zero-order valence-electron chi connectivity index (χ0n) is 13.5. The van der Waals surface area contributed by atoms with Gasteiger partial charge < -0.3 is 20.2 Å². The van der Waals surface area contributed by atoms with Crippen molar-refractivity contribution in [2.45, 2.75) is 40.2 Å². The van der Waals surface area contributed by atoms with E-state index in [-0.39, 0.29) is 24.8 Å². The van der Waals surface area contributed by atoms with Crippen molar-refractivity contribution in [2.75, 3.05) is 26.7 Å². The zero-order valence-corrected chi connectivity index (χ0v) is 13.5. The molecule has 7 heteroatoms. The van der Waals surface area contributed by atoms with Gasteiger partial charge in [-0.3, -0.25) is 9.59 Å². The summed E-state index contributed by atoms with van der Waals surface area (Å²) in [5, 5.41) is 11.5. The molecule has 0 bridgehead atoms. The van der Waals surface area contributed by atoms with Crippen LogP contribution in [0.1, 0.15) is 34.1 Å². The standard InChI is InChI=1S/C14H27N3O4/c1-6-17(7-2)12(18)9-16(5)14(21)15-11(10(3)4)8-13(19)20/h10-11H,6-9H2,1-5H3,(H,15,21)(H,19,20). The van der Waals surface area contributed by atoms with Crippen LogP contribution in [0, 0.1) is 5.92 Å². The summed E-state index contributed by atoms with van der Waals surface area (Å²) in [6.45, 7) is 8.61. The van der Waals surface area contributed by atoms with Gasteiger partial charge in [0.1, 0.15) is 6.54 Å². The predicted octanol–water partition coefficient (Wildman–Crippen LogP) is 0.996. The van der Waals surface area contributed by atoms with Crippen molar-refractivity contribution in [3.63, 3.8) is 0 Å². The highest BCUT2D eigenvalue weighted by molar-refractivity contribution is 5.84. The molecule has 0 aliphatic carbocycles. The van der Waals surface area contributed by atoms with Gasteiger partial charge in [-0.1, -0.05) is 13.8 Å². The summed E-state index contributed by atoms with van der Waals surface area (Å²) in [6, 6.07) is -0.892. The molecule has 0 saturated carbocycles. The van der Waals surface area contributed by atoms with E-state index in [4.69, 9.17) is 5.11 Å². The summed E-state index contributed by atoms with van der Waals surface area (Å²) in [5.74, 6) is -1.09. The van der Waals surface area contributed by atoms with Gasteiger partial charge >= 0.3 is 12.0 Å². The van der Waals surface area contributed by atoms with Gasteiger partial charge in [0.15, 0.2) is 0 Å². The number of hydrogen-bond acceptors (Lipinski definition) is 3.